The van der Waals surface area contributed by atoms with Gasteiger partial charge in [-0.1, -0.05) is 57.4 Å². The van der Waals surface area contributed by atoms with Crippen LogP contribution in [0.4, 0.5) is 0 Å². The molecule has 0 aromatic heterocycles. The van der Waals surface area contributed by atoms with Crippen LogP contribution in [0.3, 0.4) is 0 Å². The second kappa shape index (κ2) is 7.42. The molecule has 2 heteroatoms. The summed E-state index contributed by atoms with van der Waals surface area (Å²) in [6.45, 7) is 4.41. The van der Waals surface area contributed by atoms with Crippen molar-refractivity contribution in [1.29, 1.82) is 0 Å². The van der Waals surface area contributed by atoms with Gasteiger partial charge in [0.15, 0.2) is 0 Å². The molecule has 0 aliphatic carbocycles. The first-order valence-electron chi connectivity index (χ1n) is 6.36. The zero-order chi connectivity index (χ0) is 11.8. The van der Waals surface area contributed by atoms with Crippen LogP contribution in [0.1, 0.15) is 56.7 Å². The summed E-state index contributed by atoms with van der Waals surface area (Å²) in [7, 11) is 0. The predicted molar refractivity (Wildman–Crippen MR) is 70.0 cm³/mol. The fraction of sp³-hybridized carbons (Fsp3) is 0.571. The van der Waals surface area contributed by atoms with Crippen LogP contribution in [0.15, 0.2) is 24.3 Å². The minimum Gasteiger partial charge on any atom is -0.271 e. The monoisotopic (exact) mass is 220 g/mol. The van der Waals surface area contributed by atoms with Gasteiger partial charge in [0, 0.05) is 6.04 Å². The third-order valence-electron chi connectivity index (χ3n) is 2.97. The molecule has 0 spiro atoms. The molecule has 0 bridgehead atoms. The summed E-state index contributed by atoms with van der Waals surface area (Å²) in [4.78, 5) is 0. The lowest BCUT2D eigenvalue weighted by atomic mass is 9.99. The smallest absolute Gasteiger partial charge is 0.0460 e. The van der Waals surface area contributed by atoms with E-state index >= 15 is 0 Å². The van der Waals surface area contributed by atoms with Crippen molar-refractivity contribution < 1.29 is 0 Å². The normalized spacial score (nSPS) is 12.7. The number of aryl methyl sites for hydroxylation is 1. The van der Waals surface area contributed by atoms with E-state index in [1.165, 1.54) is 30.4 Å². The summed E-state index contributed by atoms with van der Waals surface area (Å²) >= 11 is 0. The van der Waals surface area contributed by atoms with Gasteiger partial charge in [-0.3, -0.25) is 11.3 Å². The molecule has 1 unspecified atom stereocenters. The molecular formula is C14H24N2. The van der Waals surface area contributed by atoms with Crippen molar-refractivity contribution in [1.82, 2.24) is 5.43 Å². The van der Waals surface area contributed by atoms with Crippen molar-refractivity contribution >= 4 is 0 Å². The van der Waals surface area contributed by atoms with Gasteiger partial charge >= 0.3 is 0 Å². The highest BCUT2D eigenvalue weighted by molar-refractivity contribution is 5.25. The number of unbranched alkanes of at least 4 members (excludes halogenated alkanes) is 1. The van der Waals surface area contributed by atoms with Gasteiger partial charge in [-0.05, 0) is 24.0 Å². The number of nitrogens with one attached hydrogen (secondary N) is 1. The van der Waals surface area contributed by atoms with Crippen molar-refractivity contribution in [3.63, 3.8) is 0 Å². The lowest BCUT2D eigenvalue weighted by molar-refractivity contribution is 0.495. The maximum Gasteiger partial charge on any atom is 0.0460 e. The number of hydrazine groups is 1. The van der Waals surface area contributed by atoms with Gasteiger partial charge in [0.25, 0.3) is 0 Å². The molecule has 0 fully saturated rings. The highest BCUT2D eigenvalue weighted by Crippen LogP contribution is 2.19. The van der Waals surface area contributed by atoms with Crippen molar-refractivity contribution in [2.45, 2.75) is 52.0 Å². The Hall–Kier alpha value is -0.860. The average Bonchev–Trinajstić information content (AvgIpc) is 2.32. The minimum absolute atomic E-state index is 0.302. The first-order chi connectivity index (χ1) is 7.81. The standard InChI is InChI=1S/C14H24N2/c1-3-5-7-14(16-15)13-10-8-12(6-4-2)9-11-13/h8-11,14,16H,3-7,15H2,1-2H3. The molecule has 0 radical (unpaired) electrons. The predicted octanol–water partition coefficient (Wildman–Crippen LogP) is 3.33. The van der Waals surface area contributed by atoms with Crippen LogP contribution in [-0.2, 0) is 6.42 Å². The largest absolute Gasteiger partial charge is 0.271 e. The molecule has 0 heterocycles. The minimum atomic E-state index is 0.302. The Morgan fingerprint density at radius 1 is 1.12 bits per heavy atom. The summed E-state index contributed by atoms with van der Waals surface area (Å²) in [6, 6.07) is 9.14. The molecule has 1 rings (SSSR count). The Morgan fingerprint density at radius 3 is 2.31 bits per heavy atom. The first-order valence-corrected chi connectivity index (χ1v) is 6.36. The molecule has 0 saturated carbocycles. The molecular weight excluding hydrogens is 196 g/mol. The van der Waals surface area contributed by atoms with Crippen LogP contribution in [0.25, 0.3) is 0 Å². The van der Waals surface area contributed by atoms with Crippen LogP contribution in [0.2, 0.25) is 0 Å². The zero-order valence-electron chi connectivity index (χ0n) is 10.5. The zero-order valence-corrected chi connectivity index (χ0v) is 10.5. The van der Waals surface area contributed by atoms with Gasteiger partial charge in [0.05, 0.1) is 0 Å². The van der Waals surface area contributed by atoms with Gasteiger partial charge in [-0.2, -0.15) is 0 Å². The number of rotatable bonds is 7. The fourth-order valence-electron chi connectivity index (χ4n) is 1.96. The quantitative estimate of drug-likeness (QED) is 0.546. The summed E-state index contributed by atoms with van der Waals surface area (Å²) < 4.78 is 0. The maximum atomic E-state index is 5.59. The number of hydrogen-bond donors (Lipinski definition) is 2. The van der Waals surface area contributed by atoms with Crippen LogP contribution >= 0.6 is 0 Å². The third-order valence-corrected chi connectivity index (χ3v) is 2.97. The molecule has 0 saturated heterocycles. The van der Waals surface area contributed by atoms with Crippen molar-refractivity contribution in [3.8, 4) is 0 Å². The molecule has 0 aliphatic rings. The van der Waals surface area contributed by atoms with Gasteiger partial charge < -0.3 is 0 Å². The first kappa shape index (κ1) is 13.2. The van der Waals surface area contributed by atoms with E-state index in [1.54, 1.807) is 0 Å². The Balaban J connectivity index is 2.62. The number of benzene rings is 1. The molecule has 2 nitrogen and oxygen atoms in total. The van der Waals surface area contributed by atoms with Crippen molar-refractivity contribution in [3.05, 3.63) is 35.4 Å². The van der Waals surface area contributed by atoms with Gasteiger partial charge in [0.2, 0.25) is 0 Å². The molecule has 0 aliphatic heterocycles. The highest BCUT2D eigenvalue weighted by atomic mass is 15.2. The maximum absolute atomic E-state index is 5.59. The Labute approximate surface area is 99.2 Å². The second-order valence-electron chi connectivity index (χ2n) is 4.35. The number of nitrogens with two attached hydrogens (primary N) is 1. The summed E-state index contributed by atoms with van der Waals surface area (Å²) in [5, 5.41) is 0. The van der Waals surface area contributed by atoms with E-state index in [9.17, 15) is 0 Å². The highest BCUT2D eigenvalue weighted by Gasteiger charge is 2.08. The number of hydrogen-bond acceptors (Lipinski definition) is 2. The summed E-state index contributed by atoms with van der Waals surface area (Å²) in [6.07, 6.45) is 5.90. The van der Waals surface area contributed by atoms with E-state index in [0.717, 1.165) is 12.8 Å². The van der Waals surface area contributed by atoms with Crippen LogP contribution in [0.5, 0.6) is 0 Å². The lowest BCUT2D eigenvalue weighted by Gasteiger charge is -2.16. The van der Waals surface area contributed by atoms with Gasteiger partial charge in [0.1, 0.15) is 0 Å². The van der Waals surface area contributed by atoms with E-state index in [0.29, 0.717) is 6.04 Å². The summed E-state index contributed by atoms with van der Waals surface area (Å²) in [5.41, 5.74) is 5.62. The van der Waals surface area contributed by atoms with Crippen LogP contribution in [-0.4, -0.2) is 0 Å². The van der Waals surface area contributed by atoms with E-state index in [2.05, 4.69) is 43.5 Å². The summed E-state index contributed by atoms with van der Waals surface area (Å²) in [5.74, 6) is 5.59. The Bertz CT molecular complexity index is 279. The SMILES string of the molecule is CCCCC(NN)c1ccc(CCC)cc1. The van der Waals surface area contributed by atoms with E-state index in [-0.39, 0.29) is 0 Å². The fourth-order valence-corrected chi connectivity index (χ4v) is 1.96. The van der Waals surface area contributed by atoms with Gasteiger partial charge in [-0.25, -0.2) is 0 Å². The van der Waals surface area contributed by atoms with E-state index in [4.69, 9.17) is 5.84 Å². The molecule has 90 valence electrons. The Kier molecular flexibility index (Phi) is 6.12. The van der Waals surface area contributed by atoms with Gasteiger partial charge in [-0.15, -0.1) is 0 Å². The van der Waals surface area contributed by atoms with Crippen molar-refractivity contribution in [2.24, 2.45) is 5.84 Å². The molecule has 16 heavy (non-hydrogen) atoms. The molecule has 1 aromatic carbocycles. The van der Waals surface area contributed by atoms with E-state index < -0.39 is 0 Å². The lowest BCUT2D eigenvalue weighted by Crippen LogP contribution is -2.27. The molecule has 0 amide bonds. The van der Waals surface area contributed by atoms with Crippen molar-refractivity contribution in [2.75, 3.05) is 0 Å². The molecule has 3 N–H and O–H groups in total. The van der Waals surface area contributed by atoms with Crippen LogP contribution < -0.4 is 11.3 Å². The molecule has 1 atom stereocenters. The topological polar surface area (TPSA) is 38.0 Å². The van der Waals surface area contributed by atoms with Crippen LogP contribution in [0, 0.1) is 0 Å². The Morgan fingerprint density at radius 2 is 1.81 bits per heavy atom. The van der Waals surface area contributed by atoms with E-state index in [1.807, 2.05) is 0 Å². The second-order valence-corrected chi connectivity index (χ2v) is 4.35. The third kappa shape index (κ3) is 3.95. The average molecular weight is 220 g/mol. The molecule has 1 aromatic rings.